The van der Waals surface area contributed by atoms with Gasteiger partial charge in [-0.1, -0.05) is 73.7 Å². The van der Waals surface area contributed by atoms with Crippen LogP contribution in [0.15, 0.2) is 76.6 Å². The summed E-state index contributed by atoms with van der Waals surface area (Å²) < 4.78 is 5.85. The molecule has 12 heteroatoms. The first-order valence-corrected chi connectivity index (χ1v) is 17.8. The monoisotopic (exact) mass is 683 g/mol. The summed E-state index contributed by atoms with van der Waals surface area (Å²) >= 11 is 2.76. The van der Waals surface area contributed by atoms with E-state index in [1.807, 2.05) is 66.7 Å². The van der Waals surface area contributed by atoms with Crippen molar-refractivity contribution >= 4 is 63.2 Å². The van der Waals surface area contributed by atoms with Crippen molar-refractivity contribution in [3.05, 3.63) is 86.8 Å². The number of benzene rings is 3. The number of carbonyl (C=O) groups excluding carboxylic acids is 3. The van der Waals surface area contributed by atoms with Crippen LogP contribution >= 0.6 is 23.1 Å². The molecule has 3 aromatic carbocycles. The number of ether oxygens (including phenoxy) is 1. The van der Waals surface area contributed by atoms with Crippen LogP contribution in [0.25, 0.3) is 10.8 Å². The number of imide groups is 1. The molecule has 0 spiro atoms. The molecule has 8 atom stereocenters. The average molecular weight is 684 g/mol. The molecular weight excluding hydrogens is 651 g/mol. The normalized spacial score (nSPS) is 27.6. The largest absolute Gasteiger partial charge is 0.484 e. The summed E-state index contributed by atoms with van der Waals surface area (Å²) in [4.78, 5) is 70.0. The number of nitrogens with one attached hydrogen (secondary N) is 2. The van der Waals surface area contributed by atoms with Crippen LogP contribution in [0.3, 0.4) is 0 Å². The Morgan fingerprint density at radius 2 is 1.69 bits per heavy atom. The second-order valence-corrected chi connectivity index (χ2v) is 15.7. The van der Waals surface area contributed by atoms with Crippen molar-refractivity contribution in [2.75, 3.05) is 11.9 Å². The first-order valence-electron chi connectivity index (χ1n) is 16.1. The minimum absolute atomic E-state index is 0.00767. The Balaban J connectivity index is 1.04. The number of aromatic amines is 1. The van der Waals surface area contributed by atoms with E-state index in [1.54, 1.807) is 25.6 Å². The molecule has 2 aliphatic heterocycles. The Labute approximate surface area is 283 Å². The van der Waals surface area contributed by atoms with Crippen LogP contribution in [0.5, 0.6) is 5.75 Å². The number of likely N-dealkylation sites (tertiary alicyclic amines) is 1. The third kappa shape index (κ3) is 4.79. The Morgan fingerprint density at radius 3 is 2.42 bits per heavy atom. The van der Waals surface area contributed by atoms with Crippen LogP contribution < -0.4 is 14.9 Å². The number of nitrogens with zero attached hydrogens (tertiary/aromatic N) is 1. The summed E-state index contributed by atoms with van der Waals surface area (Å²) in [5.41, 5.74) is 1.67. The molecule has 8 rings (SSSR count). The summed E-state index contributed by atoms with van der Waals surface area (Å²) in [7, 11) is 0. The van der Waals surface area contributed by atoms with Gasteiger partial charge < -0.3 is 20.1 Å². The molecule has 1 saturated heterocycles. The fourth-order valence-corrected chi connectivity index (χ4v) is 11.7. The predicted molar refractivity (Wildman–Crippen MR) is 181 cm³/mol. The van der Waals surface area contributed by atoms with Crippen molar-refractivity contribution in [3.63, 3.8) is 0 Å². The fourth-order valence-electron chi connectivity index (χ4n) is 8.82. The van der Waals surface area contributed by atoms with Gasteiger partial charge in [0.05, 0.1) is 16.9 Å². The van der Waals surface area contributed by atoms with E-state index in [9.17, 15) is 29.1 Å². The van der Waals surface area contributed by atoms with E-state index in [1.165, 1.54) is 11.3 Å². The van der Waals surface area contributed by atoms with Gasteiger partial charge in [0.2, 0.25) is 11.8 Å². The van der Waals surface area contributed by atoms with Gasteiger partial charge in [-0.05, 0) is 59.2 Å². The number of anilines is 1. The van der Waals surface area contributed by atoms with Crippen molar-refractivity contribution in [1.82, 2.24) is 9.88 Å². The molecule has 3 amide bonds. The number of hydrogen-bond donors (Lipinski definition) is 3. The molecule has 1 aromatic heterocycles. The smallest absolute Gasteiger partial charge is 0.327 e. The highest BCUT2D eigenvalue weighted by Gasteiger charge is 2.70. The summed E-state index contributed by atoms with van der Waals surface area (Å²) in [5.74, 6) is -3.63. The lowest BCUT2D eigenvalue weighted by Crippen LogP contribution is -2.49. The van der Waals surface area contributed by atoms with Crippen molar-refractivity contribution in [3.8, 4) is 5.75 Å². The number of fused-ring (bicyclic) bond motifs is 10. The van der Waals surface area contributed by atoms with Crippen molar-refractivity contribution in [1.29, 1.82) is 0 Å². The summed E-state index contributed by atoms with van der Waals surface area (Å²) in [6, 6.07) is 19.9. The van der Waals surface area contributed by atoms with E-state index in [0.29, 0.717) is 17.9 Å². The number of rotatable bonds is 8. The van der Waals surface area contributed by atoms with Gasteiger partial charge in [-0.25, -0.2) is 4.79 Å². The number of thiazole rings is 1. The van der Waals surface area contributed by atoms with Crippen molar-refractivity contribution in [2.24, 2.45) is 35.5 Å². The first-order chi connectivity index (χ1) is 23.1. The third-order valence-corrected chi connectivity index (χ3v) is 13.2. The van der Waals surface area contributed by atoms with Crippen LogP contribution in [0.2, 0.25) is 0 Å². The summed E-state index contributed by atoms with van der Waals surface area (Å²) in [5, 5.41) is 15.6. The maximum Gasteiger partial charge on any atom is 0.327 e. The van der Waals surface area contributed by atoms with Gasteiger partial charge in [0.25, 0.3) is 5.91 Å². The fraction of sp³-hybridized carbons (Fsp3) is 0.361. The Bertz CT molecular complexity index is 2030. The van der Waals surface area contributed by atoms with Crippen LogP contribution in [-0.4, -0.2) is 56.6 Å². The van der Waals surface area contributed by atoms with Gasteiger partial charge in [-0.2, -0.15) is 0 Å². The molecule has 3 N–H and O–H groups in total. The highest BCUT2D eigenvalue weighted by Crippen LogP contribution is 2.68. The third-order valence-electron chi connectivity index (χ3n) is 10.6. The van der Waals surface area contributed by atoms with E-state index in [0.717, 1.165) is 31.1 Å². The van der Waals surface area contributed by atoms with Gasteiger partial charge in [-0.15, -0.1) is 11.8 Å². The number of amides is 3. The van der Waals surface area contributed by atoms with Gasteiger partial charge >= 0.3 is 10.8 Å². The standard InChI is InChI=1S/C36H33N3O7S2/c1-16(2)29(35(43)44)39-33(41)27-21-14-22(28(27)34(39)42)30-26(21)25(31-32(47-30)38-36(45)48-31)18-10-12-19(13-11-18)46-15-24(40)37-23-9-5-7-17-6-3-4-8-20(17)23/h3-13,16,21-22,25-30H,14-15H2,1-2H3,(H,37,40)(H,38,45)(H,43,44)/t21?,22?,25-,26?,27?,28?,29?,30?/m1/s1. The number of carboxylic acids is 1. The molecule has 10 nitrogen and oxygen atoms in total. The molecule has 4 aliphatic rings. The lowest BCUT2D eigenvalue weighted by molar-refractivity contribution is -0.157. The molecule has 3 heterocycles. The van der Waals surface area contributed by atoms with Crippen molar-refractivity contribution in [2.45, 2.75) is 42.5 Å². The minimum atomic E-state index is -1.19. The minimum Gasteiger partial charge on any atom is -0.484 e. The molecule has 0 radical (unpaired) electrons. The number of H-pyrrole nitrogens is 1. The number of carbonyl (C=O) groups is 4. The maximum atomic E-state index is 13.9. The number of carboxylic acid groups (broad SMARTS) is 1. The Kier molecular flexibility index (Phi) is 7.48. The lowest BCUT2D eigenvalue weighted by Gasteiger charge is -2.43. The molecular formula is C36H33N3O7S2. The molecule has 2 aliphatic carbocycles. The number of aromatic nitrogens is 1. The quantitative estimate of drug-likeness (QED) is 0.215. The zero-order valence-electron chi connectivity index (χ0n) is 26.1. The van der Waals surface area contributed by atoms with Crippen LogP contribution in [-0.2, 0) is 19.2 Å². The van der Waals surface area contributed by atoms with Gasteiger partial charge in [-0.3, -0.25) is 24.1 Å². The van der Waals surface area contributed by atoms with Gasteiger partial charge in [0.15, 0.2) is 6.61 Å². The summed E-state index contributed by atoms with van der Waals surface area (Å²) in [6.45, 7) is 3.25. The second-order valence-electron chi connectivity index (χ2n) is 13.5. The predicted octanol–water partition coefficient (Wildman–Crippen LogP) is 5.19. The van der Waals surface area contributed by atoms with Crippen LogP contribution in [0.4, 0.5) is 5.69 Å². The molecule has 2 bridgehead atoms. The number of hydrogen-bond acceptors (Lipinski definition) is 8. The Morgan fingerprint density at radius 1 is 0.979 bits per heavy atom. The highest BCUT2D eigenvalue weighted by atomic mass is 32.2. The first kappa shape index (κ1) is 30.9. The average Bonchev–Trinajstić information content (AvgIpc) is 3.80. The number of thioether (sulfide) groups is 1. The molecule has 48 heavy (non-hydrogen) atoms. The molecule has 3 fully saturated rings. The van der Waals surface area contributed by atoms with Gasteiger partial charge in [0, 0.05) is 27.1 Å². The van der Waals surface area contributed by atoms with E-state index < -0.39 is 29.8 Å². The van der Waals surface area contributed by atoms with Crippen molar-refractivity contribution < 1.29 is 29.0 Å². The Hall–Kier alpha value is -4.42. The second kappa shape index (κ2) is 11.6. The molecule has 2 saturated carbocycles. The molecule has 7 unspecified atom stereocenters. The zero-order valence-corrected chi connectivity index (χ0v) is 27.8. The molecule has 246 valence electrons. The summed E-state index contributed by atoms with van der Waals surface area (Å²) in [6.07, 6.45) is 0.713. The van der Waals surface area contributed by atoms with E-state index in [4.69, 9.17) is 4.74 Å². The van der Waals surface area contributed by atoms with Crippen LogP contribution in [0.1, 0.15) is 36.6 Å². The zero-order chi connectivity index (χ0) is 33.4. The molecule has 4 aromatic rings. The number of aliphatic carboxylic acids is 1. The van der Waals surface area contributed by atoms with Gasteiger partial charge in [0.1, 0.15) is 11.8 Å². The SMILES string of the molecule is CC(C)C(C(=O)O)N1C(=O)C2C3CC(C2C1=O)C1C3Sc2[nH]c(=O)sc2[C@@H]1c1ccc(OCC(=O)Nc2cccc3ccccc23)cc1. The van der Waals surface area contributed by atoms with E-state index in [2.05, 4.69) is 10.3 Å². The topological polar surface area (TPSA) is 146 Å². The van der Waals surface area contributed by atoms with Crippen LogP contribution in [0, 0.1) is 35.5 Å². The maximum absolute atomic E-state index is 13.9. The lowest BCUT2D eigenvalue weighted by atomic mass is 9.68. The van der Waals surface area contributed by atoms with E-state index in [-0.39, 0.29) is 58.1 Å². The highest BCUT2D eigenvalue weighted by molar-refractivity contribution is 8.00. The van der Waals surface area contributed by atoms with E-state index >= 15 is 0 Å².